The SMILES string of the molecule is CCC(C)[C@H](NC(=O)[C@@H](C[C@H](O)[C@H](CC(C)C)NC(=O)[C@H](Cc1cnc[nH]1)N(C)C(=O)[C@H](Cc1ccccc1)NC(=O)[C@@H]1CCCN1C(=O)[C@H](CC(=O)NC1OC(CO)C(O)C(O)C1NC(C)=O)NC(=O)OC(C)(C)C)C(C)C)C(=O)NCc1ccccn1. The van der Waals surface area contributed by atoms with Gasteiger partial charge >= 0.3 is 6.09 Å². The van der Waals surface area contributed by atoms with Crippen LogP contribution in [0.15, 0.2) is 67.3 Å². The number of aliphatic hydroxyl groups is 4. The van der Waals surface area contributed by atoms with Gasteiger partial charge in [-0.3, -0.25) is 43.3 Å². The summed E-state index contributed by atoms with van der Waals surface area (Å²) >= 11 is 0. The summed E-state index contributed by atoms with van der Waals surface area (Å²) in [4.78, 5) is 141. The molecule has 492 valence electrons. The molecule has 27 heteroatoms. The zero-order valence-electron chi connectivity index (χ0n) is 52.9. The van der Waals surface area contributed by atoms with Gasteiger partial charge in [0.05, 0.1) is 43.7 Å². The summed E-state index contributed by atoms with van der Waals surface area (Å²) in [5.41, 5.74) is 0.679. The van der Waals surface area contributed by atoms with Crippen LogP contribution in [0, 0.1) is 23.7 Å². The molecule has 14 atom stereocenters. The Morgan fingerprint density at radius 2 is 1.55 bits per heavy atom. The number of rotatable bonds is 30. The Bertz CT molecular complexity index is 2810. The van der Waals surface area contributed by atoms with Gasteiger partial charge in [-0.25, -0.2) is 9.78 Å². The number of nitrogens with one attached hydrogen (secondary N) is 8. The van der Waals surface area contributed by atoms with E-state index in [0.29, 0.717) is 23.4 Å². The van der Waals surface area contributed by atoms with Crippen LogP contribution in [0.25, 0.3) is 0 Å². The van der Waals surface area contributed by atoms with Crippen molar-refractivity contribution in [3.05, 3.63) is 84.2 Å². The molecule has 5 rings (SSSR count). The largest absolute Gasteiger partial charge is 0.444 e. The van der Waals surface area contributed by atoms with Crippen LogP contribution in [0.5, 0.6) is 0 Å². The number of imidazole rings is 1. The average molecular weight is 1250 g/mol. The van der Waals surface area contributed by atoms with Crippen LogP contribution in [0.4, 0.5) is 4.79 Å². The Kier molecular flexibility index (Phi) is 27.4. The molecule has 9 amide bonds. The monoisotopic (exact) mass is 1250 g/mol. The second-order valence-electron chi connectivity index (χ2n) is 25.0. The molecule has 89 heavy (non-hydrogen) atoms. The van der Waals surface area contributed by atoms with Crippen LogP contribution in [0.3, 0.4) is 0 Å². The number of nitrogens with zero attached hydrogens (tertiary/aromatic N) is 4. The summed E-state index contributed by atoms with van der Waals surface area (Å²) < 4.78 is 11.1. The number of likely N-dealkylation sites (N-methyl/N-ethyl adjacent to an activating group) is 1. The average Bonchev–Trinajstić information content (AvgIpc) is 3.29. The molecular formula is C62H94N12O15. The number of ether oxygens (including phenoxy) is 2. The minimum Gasteiger partial charge on any atom is -0.444 e. The van der Waals surface area contributed by atoms with Crippen molar-refractivity contribution >= 4 is 53.4 Å². The van der Waals surface area contributed by atoms with E-state index >= 15 is 4.79 Å². The standard InChI is InChI=1S/C62H94N12O15/c1-12-36(6)50(57(84)65-31-39-21-16-17-23-64-39)72-54(81)41(35(4)5)28-47(77)42(25-34(2)3)68-56(83)46(27-40-30-63-33-66-40)73(11)59(85)43(26-38-19-14-13-15-20-38)69-55(82)45-22-18-24-74(45)60(86)44(70-61(87)89-62(8,9)10)29-49(78)71-58-51(67-37(7)76)53(80)52(79)48(32-75)88-58/h13-17,19-21,23,30,33-36,41-48,50-53,58,75,77,79-80H,12,18,22,24-29,31-32H2,1-11H3,(H,63,66)(H,65,84)(H,67,76)(H,68,83)(H,69,82)(H,70,87)(H,71,78)(H,72,81)/t36?,41-,42-,43-,44-,45-,46-,47-,48?,50-,51?,52?,53?,58?/m0/s1. The third kappa shape index (κ3) is 21.6. The lowest BCUT2D eigenvalue weighted by molar-refractivity contribution is -0.203. The number of H-pyrrole nitrogens is 1. The zero-order valence-corrected chi connectivity index (χ0v) is 52.9. The number of hydrogen-bond acceptors (Lipinski definition) is 17. The number of likely N-dealkylation sites (tertiary alicyclic amines) is 1. The van der Waals surface area contributed by atoms with Crippen molar-refractivity contribution in [3.63, 3.8) is 0 Å². The fourth-order valence-electron chi connectivity index (χ4n) is 10.9. The molecule has 0 radical (unpaired) electrons. The van der Waals surface area contributed by atoms with Crippen molar-refractivity contribution in [2.24, 2.45) is 23.7 Å². The Labute approximate surface area is 520 Å². The van der Waals surface area contributed by atoms with Crippen LogP contribution >= 0.6 is 0 Å². The van der Waals surface area contributed by atoms with Crippen molar-refractivity contribution in [3.8, 4) is 0 Å². The maximum Gasteiger partial charge on any atom is 0.408 e. The second-order valence-corrected chi connectivity index (χ2v) is 25.0. The Hall–Kier alpha value is -7.59. The molecule has 4 heterocycles. The molecule has 0 aliphatic carbocycles. The van der Waals surface area contributed by atoms with Gasteiger partial charge in [0.1, 0.15) is 60.2 Å². The number of carbonyl (C=O) groups is 9. The molecule has 2 aromatic heterocycles. The van der Waals surface area contributed by atoms with Crippen molar-refractivity contribution in [2.45, 2.75) is 206 Å². The summed E-state index contributed by atoms with van der Waals surface area (Å²) in [7, 11) is 1.41. The van der Waals surface area contributed by atoms with Crippen LogP contribution in [-0.2, 0) is 67.2 Å². The van der Waals surface area contributed by atoms with E-state index in [1.54, 1.807) is 69.4 Å². The lowest BCUT2D eigenvalue weighted by atomic mass is 9.85. The molecule has 0 bridgehead atoms. The van der Waals surface area contributed by atoms with Gasteiger partial charge in [-0.2, -0.15) is 0 Å². The van der Waals surface area contributed by atoms with E-state index in [0.717, 1.165) is 6.92 Å². The molecular weight excluding hydrogens is 1150 g/mol. The molecule has 27 nitrogen and oxygen atoms in total. The first kappa shape index (κ1) is 72.2. The highest BCUT2D eigenvalue weighted by Gasteiger charge is 2.47. The molecule has 6 unspecified atom stereocenters. The van der Waals surface area contributed by atoms with Crippen LogP contribution < -0.4 is 37.2 Å². The van der Waals surface area contributed by atoms with Gasteiger partial charge in [-0.15, -0.1) is 0 Å². The van der Waals surface area contributed by atoms with Gasteiger partial charge < -0.3 is 81.9 Å². The van der Waals surface area contributed by atoms with Crippen LogP contribution in [0.1, 0.15) is 125 Å². The summed E-state index contributed by atoms with van der Waals surface area (Å²) in [6.07, 6.45) is -4.03. The summed E-state index contributed by atoms with van der Waals surface area (Å²) in [6, 6.07) is 5.25. The van der Waals surface area contributed by atoms with Crippen molar-refractivity contribution in [1.82, 2.24) is 62.0 Å². The third-order valence-corrected chi connectivity index (χ3v) is 15.9. The highest BCUT2D eigenvalue weighted by atomic mass is 16.6. The predicted octanol–water partition coefficient (Wildman–Crippen LogP) is 0.637. The van der Waals surface area contributed by atoms with Gasteiger partial charge in [-0.05, 0) is 81.9 Å². The van der Waals surface area contributed by atoms with E-state index in [2.05, 4.69) is 52.2 Å². The molecule has 2 aliphatic rings. The first-order valence-electron chi connectivity index (χ1n) is 30.6. The molecule has 2 fully saturated rings. The van der Waals surface area contributed by atoms with E-state index in [-0.39, 0.29) is 75.3 Å². The zero-order chi connectivity index (χ0) is 65.9. The van der Waals surface area contributed by atoms with E-state index in [1.165, 1.54) is 29.4 Å². The van der Waals surface area contributed by atoms with Gasteiger partial charge in [0.2, 0.25) is 47.3 Å². The molecule has 2 aliphatic heterocycles. The lowest BCUT2D eigenvalue weighted by Gasteiger charge is -2.42. The highest BCUT2D eigenvalue weighted by molar-refractivity contribution is 5.97. The Morgan fingerprint density at radius 3 is 2.15 bits per heavy atom. The lowest BCUT2D eigenvalue weighted by Crippen LogP contribution is -2.68. The van der Waals surface area contributed by atoms with Crippen LogP contribution in [0.2, 0.25) is 0 Å². The second kappa shape index (κ2) is 33.8. The minimum absolute atomic E-state index is 0.0255. The van der Waals surface area contributed by atoms with Crippen LogP contribution in [-0.4, -0.2) is 197 Å². The van der Waals surface area contributed by atoms with E-state index in [1.807, 2.05) is 47.6 Å². The molecule has 0 spiro atoms. The Morgan fingerprint density at radius 1 is 0.854 bits per heavy atom. The molecule has 2 saturated heterocycles. The molecule has 12 N–H and O–H groups in total. The van der Waals surface area contributed by atoms with Crippen molar-refractivity contribution < 1.29 is 73.1 Å². The predicted molar refractivity (Wildman–Crippen MR) is 325 cm³/mol. The maximum absolute atomic E-state index is 15.2. The quantitative estimate of drug-likeness (QED) is 0.0436. The van der Waals surface area contributed by atoms with Gasteiger partial charge in [0.25, 0.3) is 0 Å². The van der Waals surface area contributed by atoms with Gasteiger partial charge in [0.15, 0.2) is 6.23 Å². The number of carbonyl (C=O) groups excluding carboxylic acids is 9. The summed E-state index contributed by atoms with van der Waals surface area (Å²) in [5, 5.41) is 62.4. The normalized spacial score (nSPS) is 21.2. The summed E-state index contributed by atoms with van der Waals surface area (Å²) in [5.74, 6) is -6.93. The fourth-order valence-corrected chi connectivity index (χ4v) is 10.9. The summed E-state index contributed by atoms with van der Waals surface area (Å²) in [6.45, 7) is 16.5. The third-order valence-electron chi connectivity index (χ3n) is 15.9. The number of hydrogen-bond donors (Lipinski definition) is 12. The van der Waals surface area contributed by atoms with Crippen molar-refractivity contribution in [1.29, 1.82) is 0 Å². The first-order chi connectivity index (χ1) is 42.0. The topological polar surface area (TPSA) is 385 Å². The van der Waals surface area contributed by atoms with Crippen molar-refractivity contribution in [2.75, 3.05) is 20.2 Å². The number of amides is 9. The molecule has 0 saturated carbocycles. The smallest absolute Gasteiger partial charge is 0.408 e. The highest BCUT2D eigenvalue weighted by Crippen LogP contribution is 2.26. The first-order valence-corrected chi connectivity index (χ1v) is 30.6. The van der Waals surface area contributed by atoms with E-state index < -0.39 is 145 Å². The van der Waals surface area contributed by atoms with E-state index in [9.17, 15) is 58.8 Å². The molecule has 3 aromatic rings. The number of aromatic amines is 1. The fraction of sp³-hybridized carbons (Fsp3) is 0.629. The van der Waals surface area contributed by atoms with Gasteiger partial charge in [-0.1, -0.05) is 84.4 Å². The van der Waals surface area contributed by atoms with Gasteiger partial charge in [0, 0.05) is 57.4 Å². The number of aromatic nitrogens is 3. The number of alkyl carbamates (subject to hydrolysis) is 1. The Balaban J connectivity index is 1.39. The minimum atomic E-state index is -1.72. The molecule has 1 aromatic carbocycles. The maximum atomic E-state index is 15.2. The number of aliphatic hydroxyl groups excluding tert-OH is 4. The number of benzene rings is 1. The number of pyridine rings is 1. The van der Waals surface area contributed by atoms with E-state index in [4.69, 9.17) is 9.47 Å².